The van der Waals surface area contributed by atoms with E-state index < -0.39 is 0 Å². The highest BCUT2D eigenvalue weighted by Gasteiger charge is 2.13. The molecule has 0 aromatic heterocycles. The first kappa shape index (κ1) is 9.44. The van der Waals surface area contributed by atoms with E-state index in [1.165, 1.54) is 5.56 Å². The highest BCUT2D eigenvalue weighted by molar-refractivity contribution is 5.26. The molecule has 0 unspecified atom stereocenters. The fourth-order valence-corrected chi connectivity index (χ4v) is 1.77. The maximum atomic E-state index is 9.06. The van der Waals surface area contributed by atoms with Crippen LogP contribution in [0.3, 0.4) is 0 Å². The maximum absolute atomic E-state index is 9.06. The number of hydrogen-bond donors (Lipinski definition) is 2. The lowest BCUT2D eigenvalue weighted by Crippen LogP contribution is -2.26. The van der Waals surface area contributed by atoms with Crippen molar-refractivity contribution in [2.45, 2.75) is 12.5 Å². The lowest BCUT2D eigenvalue weighted by Gasteiger charge is -2.22. The molecule has 74 valence electrons. The van der Waals surface area contributed by atoms with Crippen LogP contribution in [0.25, 0.3) is 0 Å². The van der Waals surface area contributed by atoms with Crippen molar-refractivity contribution in [3.05, 3.63) is 47.5 Å². The Balaban J connectivity index is 2.19. The average molecular weight is 189 g/mol. The van der Waals surface area contributed by atoms with Crippen molar-refractivity contribution >= 4 is 0 Å². The normalized spacial score (nSPS) is 21.8. The van der Waals surface area contributed by atoms with Crippen LogP contribution >= 0.6 is 0 Å². The molecule has 0 aliphatic carbocycles. The van der Waals surface area contributed by atoms with Gasteiger partial charge in [0.15, 0.2) is 0 Å². The van der Waals surface area contributed by atoms with Crippen molar-refractivity contribution in [3.8, 4) is 0 Å². The Hall–Kier alpha value is -1.12. The lowest BCUT2D eigenvalue weighted by atomic mass is 9.99. The third-order valence-electron chi connectivity index (χ3n) is 2.57. The Kier molecular flexibility index (Phi) is 2.96. The molecule has 2 N–H and O–H groups in total. The van der Waals surface area contributed by atoms with Gasteiger partial charge >= 0.3 is 0 Å². The van der Waals surface area contributed by atoms with Gasteiger partial charge in [-0.1, -0.05) is 36.4 Å². The molecular weight excluding hydrogens is 174 g/mol. The molecule has 0 amide bonds. The molecule has 1 aliphatic rings. The molecule has 14 heavy (non-hydrogen) atoms. The molecule has 1 atom stereocenters. The van der Waals surface area contributed by atoms with E-state index in [0.717, 1.165) is 18.5 Å². The predicted molar refractivity (Wildman–Crippen MR) is 57.0 cm³/mol. The zero-order valence-corrected chi connectivity index (χ0v) is 8.11. The Morgan fingerprint density at radius 1 is 1.29 bits per heavy atom. The number of nitrogens with one attached hydrogen (secondary N) is 1. The van der Waals surface area contributed by atoms with E-state index in [4.69, 9.17) is 5.11 Å². The van der Waals surface area contributed by atoms with Crippen molar-refractivity contribution in [2.24, 2.45) is 0 Å². The van der Waals surface area contributed by atoms with Gasteiger partial charge in [-0.3, -0.25) is 0 Å². The van der Waals surface area contributed by atoms with Crippen molar-refractivity contribution in [1.82, 2.24) is 5.32 Å². The van der Waals surface area contributed by atoms with E-state index in [1.807, 2.05) is 18.2 Å². The minimum atomic E-state index is 0.186. The summed E-state index contributed by atoms with van der Waals surface area (Å²) in [5, 5.41) is 12.5. The molecule has 1 aromatic rings. The molecule has 0 bridgehead atoms. The summed E-state index contributed by atoms with van der Waals surface area (Å²) in [5.74, 6) is 0. The van der Waals surface area contributed by atoms with Crippen LogP contribution in [0.15, 0.2) is 42.0 Å². The van der Waals surface area contributed by atoms with E-state index in [1.54, 1.807) is 0 Å². The lowest BCUT2D eigenvalue weighted by molar-refractivity contribution is 0.321. The van der Waals surface area contributed by atoms with Gasteiger partial charge in [-0.25, -0.2) is 0 Å². The molecule has 2 rings (SSSR count). The molecular formula is C12H15NO. The van der Waals surface area contributed by atoms with Crippen molar-refractivity contribution in [1.29, 1.82) is 0 Å². The SMILES string of the molecule is OCC1=C[C@@H](c2ccccc2)NCC1. The van der Waals surface area contributed by atoms with Crippen LogP contribution in [-0.4, -0.2) is 18.3 Å². The Labute approximate surface area is 84.3 Å². The van der Waals surface area contributed by atoms with Gasteiger partial charge in [-0.2, -0.15) is 0 Å². The van der Waals surface area contributed by atoms with E-state index in [9.17, 15) is 0 Å². The van der Waals surface area contributed by atoms with Gasteiger partial charge in [0.05, 0.1) is 12.6 Å². The summed E-state index contributed by atoms with van der Waals surface area (Å²) in [5.41, 5.74) is 2.40. The van der Waals surface area contributed by atoms with Crippen LogP contribution in [0.2, 0.25) is 0 Å². The second kappa shape index (κ2) is 4.40. The van der Waals surface area contributed by atoms with Gasteiger partial charge in [-0.05, 0) is 24.1 Å². The summed E-state index contributed by atoms with van der Waals surface area (Å²) in [6, 6.07) is 10.6. The predicted octanol–water partition coefficient (Wildman–Crippen LogP) is 1.64. The standard InChI is InChI=1S/C12H15NO/c14-9-10-6-7-13-12(8-10)11-4-2-1-3-5-11/h1-5,8,12-14H,6-7,9H2/t12-/m0/s1. The van der Waals surface area contributed by atoms with Crippen molar-refractivity contribution < 1.29 is 5.11 Å². The molecule has 0 fully saturated rings. The van der Waals surface area contributed by atoms with Crippen LogP contribution in [0, 0.1) is 0 Å². The largest absolute Gasteiger partial charge is 0.392 e. The number of aliphatic hydroxyl groups excluding tert-OH is 1. The van der Waals surface area contributed by atoms with E-state index >= 15 is 0 Å². The maximum Gasteiger partial charge on any atom is 0.0642 e. The zero-order chi connectivity index (χ0) is 9.80. The highest BCUT2D eigenvalue weighted by atomic mass is 16.3. The molecule has 1 heterocycles. The van der Waals surface area contributed by atoms with Gasteiger partial charge in [0.25, 0.3) is 0 Å². The second-order valence-corrected chi connectivity index (χ2v) is 3.58. The van der Waals surface area contributed by atoms with Gasteiger partial charge in [0.1, 0.15) is 0 Å². The highest BCUT2D eigenvalue weighted by Crippen LogP contribution is 2.20. The molecule has 0 saturated heterocycles. The first-order valence-electron chi connectivity index (χ1n) is 4.99. The summed E-state index contributed by atoms with van der Waals surface area (Å²) in [6.45, 7) is 1.14. The van der Waals surface area contributed by atoms with Gasteiger partial charge < -0.3 is 10.4 Å². The van der Waals surface area contributed by atoms with Gasteiger partial charge in [0.2, 0.25) is 0 Å². The minimum absolute atomic E-state index is 0.186. The molecule has 0 radical (unpaired) electrons. The van der Waals surface area contributed by atoms with Crippen LogP contribution in [0.1, 0.15) is 18.0 Å². The minimum Gasteiger partial charge on any atom is -0.392 e. The Morgan fingerprint density at radius 2 is 2.07 bits per heavy atom. The van der Waals surface area contributed by atoms with E-state index in [-0.39, 0.29) is 12.6 Å². The quantitative estimate of drug-likeness (QED) is 0.693. The first-order valence-corrected chi connectivity index (χ1v) is 4.99. The van der Waals surface area contributed by atoms with Crippen molar-refractivity contribution in [3.63, 3.8) is 0 Å². The molecule has 2 heteroatoms. The summed E-state index contributed by atoms with van der Waals surface area (Å²) in [7, 11) is 0. The Morgan fingerprint density at radius 3 is 2.79 bits per heavy atom. The first-order chi connectivity index (χ1) is 6.90. The van der Waals surface area contributed by atoms with Crippen LogP contribution in [0.4, 0.5) is 0 Å². The average Bonchev–Trinajstić information content (AvgIpc) is 2.30. The fraction of sp³-hybridized carbons (Fsp3) is 0.333. The number of hydrogen-bond acceptors (Lipinski definition) is 2. The fourth-order valence-electron chi connectivity index (χ4n) is 1.77. The van der Waals surface area contributed by atoms with Crippen LogP contribution in [0.5, 0.6) is 0 Å². The number of rotatable bonds is 2. The molecule has 1 aliphatic heterocycles. The van der Waals surface area contributed by atoms with Crippen LogP contribution < -0.4 is 5.32 Å². The summed E-state index contributed by atoms with van der Waals surface area (Å²) >= 11 is 0. The smallest absolute Gasteiger partial charge is 0.0642 e. The van der Waals surface area contributed by atoms with Gasteiger partial charge in [-0.15, -0.1) is 0 Å². The third kappa shape index (κ3) is 2.03. The molecule has 2 nitrogen and oxygen atoms in total. The number of aliphatic hydroxyl groups is 1. The van der Waals surface area contributed by atoms with Crippen LogP contribution in [-0.2, 0) is 0 Å². The monoisotopic (exact) mass is 189 g/mol. The topological polar surface area (TPSA) is 32.3 Å². The Bertz CT molecular complexity index is 318. The van der Waals surface area contributed by atoms with Crippen molar-refractivity contribution in [2.75, 3.05) is 13.2 Å². The molecule has 0 saturated carbocycles. The summed E-state index contributed by atoms with van der Waals surface area (Å²) < 4.78 is 0. The number of benzene rings is 1. The summed E-state index contributed by atoms with van der Waals surface area (Å²) in [4.78, 5) is 0. The molecule has 0 spiro atoms. The molecule has 1 aromatic carbocycles. The zero-order valence-electron chi connectivity index (χ0n) is 8.11. The third-order valence-corrected chi connectivity index (χ3v) is 2.57. The van der Waals surface area contributed by atoms with E-state index in [0.29, 0.717) is 0 Å². The van der Waals surface area contributed by atoms with E-state index in [2.05, 4.69) is 23.5 Å². The second-order valence-electron chi connectivity index (χ2n) is 3.58. The summed E-state index contributed by atoms with van der Waals surface area (Å²) in [6.07, 6.45) is 3.08. The van der Waals surface area contributed by atoms with Gasteiger partial charge in [0, 0.05) is 0 Å².